The van der Waals surface area contributed by atoms with E-state index in [1.54, 1.807) is 6.92 Å². The van der Waals surface area contributed by atoms with E-state index in [0.717, 1.165) is 30.2 Å². The van der Waals surface area contributed by atoms with E-state index in [4.69, 9.17) is 4.74 Å². The van der Waals surface area contributed by atoms with Gasteiger partial charge in [-0.1, -0.05) is 26.0 Å². The summed E-state index contributed by atoms with van der Waals surface area (Å²) >= 11 is 0. The molecule has 0 radical (unpaired) electrons. The minimum Gasteiger partial charge on any atom is -0.493 e. The number of nitrogens with zero attached hydrogens (tertiary/aromatic N) is 2. The maximum Gasteiger partial charge on any atom is 0.278 e. The van der Waals surface area contributed by atoms with Crippen LogP contribution >= 0.6 is 0 Å². The van der Waals surface area contributed by atoms with E-state index >= 15 is 0 Å². The molecule has 2 aromatic rings. The standard InChI is InChI=1S/C26H33N3O3/c1-6-28(7-2)21-13-11-20(12-14-21)27-24-23(25(30)29(8-3)26(24)31)19-9-15-22(16-10-19)32-17-18(4)5/h9-16,18,27H,6-8,17H2,1-5H3. The van der Waals surface area contributed by atoms with Gasteiger partial charge in [-0.05, 0) is 68.7 Å². The van der Waals surface area contributed by atoms with Crippen molar-refractivity contribution in [3.63, 3.8) is 0 Å². The van der Waals surface area contributed by atoms with Gasteiger partial charge in [0.05, 0.1) is 12.2 Å². The molecule has 1 N–H and O–H groups in total. The molecular weight excluding hydrogens is 402 g/mol. The van der Waals surface area contributed by atoms with Gasteiger partial charge in [0.15, 0.2) is 0 Å². The van der Waals surface area contributed by atoms with E-state index in [1.807, 2.05) is 48.5 Å². The summed E-state index contributed by atoms with van der Waals surface area (Å²) in [4.78, 5) is 29.6. The summed E-state index contributed by atoms with van der Waals surface area (Å²) in [5, 5.41) is 3.21. The molecule has 2 aromatic carbocycles. The number of ether oxygens (including phenoxy) is 1. The second-order valence-electron chi connectivity index (χ2n) is 8.18. The Morgan fingerprint density at radius 3 is 2.06 bits per heavy atom. The molecule has 170 valence electrons. The number of amides is 2. The lowest BCUT2D eigenvalue weighted by Crippen LogP contribution is -2.32. The van der Waals surface area contributed by atoms with Crippen molar-refractivity contribution in [1.82, 2.24) is 4.90 Å². The van der Waals surface area contributed by atoms with Crippen LogP contribution in [0, 0.1) is 5.92 Å². The highest BCUT2D eigenvalue weighted by Crippen LogP contribution is 2.31. The van der Waals surface area contributed by atoms with Crippen LogP contribution in [-0.2, 0) is 9.59 Å². The average Bonchev–Trinajstić information content (AvgIpc) is 3.03. The number of imide groups is 1. The van der Waals surface area contributed by atoms with E-state index in [-0.39, 0.29) is 11.8 Å². The molecule has 0 aromatic heterocycles. The minimum absolute atomic E-state index is 0.282. The monoisotopic (exact) mass is 435 g/mol. The van der Waals surface area contributed by atoms with Gasteiger partial charge in [-0.3, -0.25) is 14.5 Å². The molecule has 0 atom stereocenters. The second kappa shape index (κ2) is 10.4. The molecule has 2 amide bonds. The van der Waals surface area contributed by atoms with Gasteiger partial charge in [0.1, 0.15) is 11.4 Å². The lowest BCUT2D eigenvalue weighted by molar-refractivity contribution is -0.136. The Kier molecular flexibility index (Phi) is 7.57. The Labute approximate surface area is 190 Å². The number of hydrogen-bond acceptors (Lipinski definition) is 5. The first kappa shape index (κ1) is 23.4. The quantitative estimate of drug-likeness (QED) is 0.544. The molecular formula is C26H33N3O3. The topological polar surface area (TPSA) is 61.9 Å². The van der Waals surface area contributed by atoms with Crippen molar-refractivity contribution in [2.24, 2.45) is 5.92 Å². The Hall–Kier alpha value is -3.28. The average molecular weight is 436 g/mol. The summed E-state index contributed by atoms with van der Waals surface area (Å²) in [6.45, 7) is 13.0. The SMILES string of the molecule is CCN1C(=O)C(Nc2ccc(N(CC)CC)cc2)=C(c2ccc(OCC(C)C)cc2)C1=O. The molecule has 1 aliphatic rings. The maximum absolute atomic E-state index is 13.0. The lowest BCUT2D eigenvalue weighted by atomic mass is 10.0. The highest BCUT2D eigenvalue weighted by molar-refractivity contribution is 6.36. The fraction of sp³-hybridized carbons (Fsp3) is 0.385. The number of rotatable bonds is 10. The van der Waals surface area contributed by atoms with Crippen LogP contribution in [-0.4, -0.2) is 43.0 Å². The summed E-state index contributed by atoms with van der Waals surface area (Å²) in [5.74, 6) is 0.582. The Balaban J connectivity index is 1.91. The van der Waals surface area contributed by atoms with Crippen LogP contribution < -0.4 is 15.0 Å². The second-order valence-corrected chi connectivity index (χ2v) is 8.18. The molecule has 0 bridgehead atoms. The Morgan fingerprint density at radius 2 is 1.53 bits per heavy atom. The van der Waals surface area contributed by atoms with Crippen molar-refractivity contribution >= 4 is 28.8 Å². The van der Waals surface area contributed by atoms with Crippen LogP contribution in [0.5, 0.6) is 5.75 Å². The molecule has 0 saturated heterocycles. The van der Waals surface area contributed by atoms with Gasteiger partial charge >= 0.3 is 0 Å². The van der Waals surface area contributed by atoms with E-state index in [1.165, 1.54) is 4.90 Å². The highest BCUT2D eigenvalue weighted by atomic mass is 16.5. The normalized spacial score (nSPS) is 13.9. The van der Waals surface area contributed by atoms with Gasteiger partial charge in [0, 0.05) is 31.0 Å². The number of nitrogens with one attached hydrogen (secondary N) is 1. The lowest BCUT2D eigenvalue weighted by Gasteiger charge is -2.21. The van der Waals surface area contributed by atoms with Gasteiger partial charge in [-0.25, -0.2) is 0 Å². The minimum atomic E-state index is -0.305. The van der Waals surface area contributed by atoms with Crippen molar-refractivity contribution in [3.8, 4) is 5.75 Å². The van der Waals surface area contributed by atoms with Crippen molar-refractivity contribution in [2.75, 3.05) is 36.5 Å². The number of hydrogen-bond donors (Lipinski definition) is 1. The van der Waals surface area contributed by atoms with Crippen molar-refractivity contribution in [2.45, 2.75) is 34.6 Å². The van der Waals surface area contributed by atoms with Crippen LogP contribution in [0.3, 0.4) is 0 Å². The molecule has 0 saturated carbocycles. The third-order valence-electron chi connectivity index (χ3n) is 5.48. The maximum atomic E-state index is 13.0. The molecule has 3 rings (SSSR count). The summed E-state index contributed by atoms with van der Waals surface area (Å²) < 4.78 is 5.75. The molecule has 0 aliphatic carbocycles. The molecule has 0 fully saturated rings. The smallest absolute Gasteiger partial charge is 0.278 e. The zero-order valence-electron chi connectivity index (χ0n) is 19.6. The summed E-state index contributed by atoms with van der Waals surface area (Å²) in [7, 11) is 0. The third-order valence-corrected chi connectivity index (χ3v) is 5.48. The fourth-order valence-corrected chi connectivity index (χ4v) is 3.72. The number of likely N-dealkylation sites (N-methyl/N-ethyl adjacent to an activating group) is 1. The number of carbonyl (C=O) groups is 2. The Bertz CT molecular complexity index is 974. The summed E-state index contributed by atoms with van der Waals surface area (Å²) in [6.07, 6.45) is 0. The zero-order valence-corrected chi connectivity index (χ0v) is 19.6. The largest absolute Gasteiger partial charge is 0.493 e. The van der Waals surface area contributed by atoms with E-state index in [2.05, 4.69) is 37.9 Å². The molecule has 0 spiro atoms. The zero-order chi connectivity index (χ0) is 23.3. The van der Waals surface area contributed by atoms with E-state index in [0.29, 0.717) is 35.9 Å². The van der Waals surface area contributed by atoms with Gasteiger partial charge in [0.25, 0.3) is 11.8 Å². The van der Waals surface area contributed by atoms with Gasteiger partial charge < -0.3 is 15.0 Å². The van der Waals surface area contributed by atoms with Crippen molar-refractivity contribution in [1.29, 1.82) is 0 Å². The van der Waals surface area contributed by atoms with Crippen LogP contribution in [0.1, 0.15) is 40.2 Å². The molecule has 1 heterocycles. The molecule has 6 nitrogen and oxygen atoms in total. The van der Waals surface area contributed by atoms with Gasteiger partial charge in [-0.15, -0.1) is 0 Å². The van der Waals surface area contributed by atoms with Crippen molar-refractivity contribution in [3.05, 3.63) is 59.8 Å². The molecule has 6 heteroatoms. The van der Waals surface area contributed by atoms with E-state index in [9.17, 15) is 9.59 Å². The van der Waals surface area contributed by atoms with Gasteiger partial charge in [0.2, 0.25) is 0 Å². The predicted molar refractivity (Wildman–Crippen MR) is 130 cm³/mol. The Morgan fingerprint density at radius 1 is 0.906 bits per heavy atom. The van der Waals surface area contributed by atoms with Crippen LogP contribution in [0.25, 0.3) is 5.57 Å². The van der Waals surface area contributed by atoms with Crippen LogP contribution in [0.2, 0.25) is 0 Å². The fourth-order valence-electron chi connectivity index (χ4n) is 3.72. The summed E-state index contributed by atoms with van der Waals surface area (Å²) in [6, 6.07) is 15.3. The first-order valence-electron chi connectivity index (χ1n) is 11.3. The summed E-state index contributed by atoms with van der Waals surface area (Å²) in [5.41, 5.74) is 3.28. The first-order chi connectivity index (χ1) is 15.4. The number of benzene rings is 2. The first-order valence-corrected chi connectivity index (χ1v) is 11.3. The highest BCUT2D eigenvalue weighted by Gasteiger charge is 2.38. The molecule has 1 aliphatic heterocycles. The molecule has 32 heavy (non-hydrogen) atoms. The third kappa shape index (κ3) is 4.96. The van der Waals surface area contributed by atoms with Gasteiger partial charge in [-0.2, -0.15) is 0 Å². The number of carbonyl (C=O) groups excluding carboxylic acids is 2. The van der Waals surface area contributed by atoms with E-state index < -0.39 is 0 Å². The number of anilines is 2. The molecule has 0 unspecified atom stereocenters. The van der Waals surface area contributed by atoms with Crippen LogP contribution in [0.4, 0.5) is 11.4 Å². The van der Waals surface area contributed by atoms with Crippen LogP contribution in [0.15, 0.2) is 54.2 Å². The van der Waals surface area contributed by atoms with Crippen molar-refractivity contribution < 1.29 is 14.3 Å². The predicted octanol–water partition coefficient (Wildman–Crippen LogP) is 4.78.